The molecule has 1 aliphatic heterocycles. The Labute approximate surface area is 79.2 Å². The van der Waals surface area contributed by atoms with E-state index in [9.17, 15) is 4.39 Å². The third kappa shape index (κ3) is 1.22. The number of nitrogens with two attached hydrogens (primary N) is 1. The summed E-state index contributed by atoms with van der Waals surface area (Å²) in [6.07, 6.45) is 0. The van der Waals surface area contributed by atoms with Crippen LogP contribution < -0.4 is 15.2 Å². The average molecular weight is 204 g/mol. The van der Waals surface area contributed by atoms with Crippen LogP contribution in [-0.4, -0.2) is 6.79 Å². The van der Waals surface area contributed by atoms with Gasteiger partial charge < -0.3 is 15.2 Å². The summed E-state index contributed by atoms with van der Waals surface area (Å²) in [4.78, 5) is 0. The summed E-state index contributed by atoms with van der Waals surface area (Å²) < 4.78 is 23.3. The summed E-state index contributed by atoms with van der Waals surface area (Å²) in [5.74, 6) is 0.177. The van der Waals surface area contributed by atoms with E-state index in [1.807, 2.05) is 0 Å². The lowest BCUT2D eigenvalue weighted by molar-refractivity contribution is 0.174. The molecule has 2 N–H and O–H groups in total. The van der Waals surface area contributed by atoms with Crippen molar-refractivity contribution < 1.29 is 13.9 Å². The molecule has 0 saturated heterocycles. The van der Waals surface area contributed by atoms with E-state index in [1.54, 1.807) is 0 Å². The molecule has 1 aliphatic rings. The first kappa shape index (κ1) is 8.59. The van der Waals surface area contributed by atoms with E-state index in [-0.39, 0.29) is 24.1 Å². The third-order valence-electron chi connectivity index (χ3n) is 1.84. The predicted octanol–water partition coefficient (Wildman–Crippen LogP) is 1.67. The van der Waals surface area contributed by atoms with Crippen LogP contribution in [0, 0.1) is 5.82 Å². The Balaban J connectivity index is 2.61. The average Bonchev–Trinajstić information content (AvgIpc) is 2.59. The molecule has 0 radical (unpaired) electrons. The lowest BCUT2D eigenvalue weighted by Gasteiger charge is -2.04. The Bertz CT molecular complexity index is 356. The van der Waals surface area contributed by atoms with Crippen molar-refractivity contribution in [2.75, 3.05) is 6.79 Å². The van der Waals surface area contributed by atoms with Crippen molar-refractivity contribution in [3.8, 4) is 11.5 Å². The zero-order valence-corrected chi connectivity index (χ0v) is 7.40. The second-order valence-electron chi connectivity index (χ2n) is 2.60. The number of benzene rings is 1. The molecule has 2 rings (SSSR count). The molecule has 3 nitrogen and oxygen atoms in total. The van der Waals surface area contributed by atoms with Gasteiger partial charge in [-0.05, 0) is 6.07 Å². The minimum Gasteiger partial charge on any atom is -0.454 e. The number of halogens is 2. The van der Waals surface area contributed by atoms with Crippen LogP contribution in [0.1, 0.15) is 5.56 Å². The van der Waals surface area contributed by atoms with Gasteiger partial charge in [-0.3, -0.25) is 0 Å². The molecule has 1 aromatic carbocycles. The van der Waals surface area contributed by atoms with Crippen LogP contribution in [0.2, 0.25) is 5.02 Å². The summed E-state index contributed by atoms with van der Waals surface area (Å²) in [5, 5.41) is -0.0598. The van der Waals surface area contributed by atoms with E-state index < -0.39 is 5.82 Å². The minimum atomic E-state index is -0.534. The van der Waals surface area contributed by atoms with Crippen molar-refractivity contribution in [2.24, 2.45) is 5.73 Å². The van der Waals surface area contributed by atoms with Gasteiger partial charge in [-0.15, -0.1) is 0 Å². The first-order chi connectivity index (χ1) is 6.24. The summed E-state index contributed by atoms with van der Waals surface area (Å²) >= 11 is 5.69. The quantitative estimate of drug-likeness (QED) is 0.755. The number of rotatable bonds is 1. The molecule has 1 aromatic rings. The zero-order chi connectivity index (χ0) is 9.42. The van der Waals surface area contributed by atoms with Gasteiger partial charge in [0.05, 0.1) is 0 Å². The second-order valence-corrected chi connectivity index (χ2v) is 2.98. The Morgan fingerprint density at radius 2 is 2.31 bits per heavy atom. The molecule has 13 heavy (non-hydrogen) atoms. The van der Waals surface area contributed by atoms with E-state index in [2.05, 4.69) is 0 Å². The maximum absolute atomic E-state index is 13.3. The Kier molecular flexibility index (Phi) is 2.01. The summed E-state index contributed by atoms with van der Waals surface area (Å²) in [6, 6.07) is 1.50. The van der Waals surface area contributed by atoms with Crippen LogP contribution in [0.25, 0.3) is 0 Å². The van der Waals surface area contributed by atoms with Gasteiger partial charge >= 0.3 is 0 Å². The van der Waals surface area contributed by atoms with Crippen molar-refractivity contribution in [2.45, 2.75) is 6.54 Å². The van der Waals surface area contributed by atoms with Crippen LogP contribution in [0.15, 0.2) is 6.07 Å². The molecular formula is C8H7ClFNO2. The van der Waals surface area contributed by atoms with Crippen molar-refractivity contribution in [3.63, 3.8) is 0 Å². The summed E-state index contributed by atoms with van der Waals surface area (Å²) in [7, 11) is 0. The van der Waals surface area contributed by atoms with Crippen molar-refractivity contribution in [1.29, 1.82) is 0 Å². The van der Waals surface area contributed by atoms with Gasteiger partial charge in [-0.2, -0.15) is 0 Å². The topological polar surface area (TPSA) is 44.5 Å². The molecule has 0 atom stereocenters. The molecule has 0 aromatic heterocycles. The molecular weight excluding hydrogens is 197 g/mol. The highest BCUT2D eigenvalue weighted by Gasteiger charge is 2.22. The Morgan fingerprint density at radius 1 is 1.54 bits per heavy atom. The SMILES string of the molecule is NCc1cc2c(c(Cl)c1F)OCO2. The zero-order valence-electron chi connectivity index (χ0n) is 6.64. The number of fused-ring (bicyclic) bond motifs is 1. The Hall–Kier alpha value is -1.00. The first-order valence-electron chi connectivity index (χ1n) is 3.70. The van der Waals surface area contributed by atoms with Crippen LogP contribution in [-0.2, 0) is 6.54 Å². The second kappa shape index (κ2) is 3.05. The van der Waals surface area contributed by atoms with Crippen LogP contribution in [0.5, 0.6) is 11.5 Å². The lowest BCUT2D eigenvalue weighted by Crippen LogP contribution is -2.00. The van der Waals surface area contributed by atoms with Crippen LogP contribution in [0.3, 0.4) is 0 Å². The lowest BCUT2D eigenvalue weighted by atomic mass is 10.2. The molecule has 0 unspecified atom stereocenters. The summed E-state index contributed by atoms with van der Waals surface area (Å²) in [5.41, 5.74) is 5.65. The van der Waals surface area contributed by atoms with Crippen molar-refractivity contribution in [1.82, 2.24) is 0 Å². The number of hydrogen-bond acceptors (Lipinski definition) is 3. The molecule has 0 fully saturated rings. The van der Waals surface area contributed by atoms with E-state index in [0.717, 1.165) is 0 Å². The molecule has 5 heteroatoms. The fourth-order valence-corrected chi connectivity index (χ4v) is 1.45. The predicted molar refractivity (Wildman–Crippen MR) is 45.4 cm³/mol. The standard InChI is InChI=1S/C8H7ClFNO2/c9-6-7(10)4(2-11)1-5-8(6)13-3-12-5/h1H,2-3,11H2. The first-order valence-corrected chi connectivity index (χ1v) is 4.08. The van der Waals surface area contributed by atoms with Gasteiger partial charge in [0, 0.05) is 12.1 Å². The van der Waals surface area contributed by atoms with Gasteiger partial charge in [0.2, 0.25) is 6.79 Å². The summed E-state index contributed by atoms with van der Waals surface area (Å²) in [6.45, 7) is 0.157. The molecule has 0 saturated carbocycles. The largest absolute Gasteiger partial charge is 0.454 e. The van der Waals surface area contributed by atoms with Crippen molar-refractivity contribution >= 4 is 11.6 Å². The normalized spacial score (nSPS) is 13.5. The third-order valence-corrected chi connectivity index (χ3v) is 2.18. The molecule has 0 amide bonds. The van der Waals surface area contributed by atoms with Gasteiger partial charge in [0.1, 0.15) is 10.8 Å². The van der Waals surface area contributed by atoms with Gasteiger partial charge in [0.15, 0.2) is 11.5 Å². The van der Waals surface area contributed by atoms with Crippen molar-refractivity contribution in [3.05, 3.63) is 22.5 Å². The van der Waals surface area contributed by atoms with Crippen LogP contribution in [0.4, 0.5) is 4.39 Å². The molecule has 0 spiro atoms. The minimum absolute atomic E-state index is 0.0598. The fraction of sp³-hybridized carbons (Fsp3) is 0.250. The fourth-order valence-electron chi connectivity index (χ4n) is 1.18. The molecule has 0 bridgehead atoms. The van der Waals surface area contributed by atoms with E-state index in [1.165, 1.54) is 6.07 Å². The number of ether oxygens (including phenoxy) is 2. The molecule has 1 heterocycles. The van der Waals surface area contributed by atoms with Gasteiger partial charge in [0.25, 0.3) is 0 Å². The maximum atomic E-state index is 13.3. The number of hydrogen-bond donors (Lipinski definition) is 1. The maximum Gasteiger partial charge on any atom is 0.231 e. The van der Waals surface area contributed by atoms with Gasteiger partial charge in [-0.1, -0.05) is 11.6 Å². The smallest absolute Gasteiger partial charge is 0.231 e. The monoisotopic (exact) mass is 203 g/mol. The van der Waals surface area contributed by atoms with E-state index >= 15 is 0 Å². The van der Waals surface area contributed by atoms with Gasteiger partial charge in [-0.25, -0.2) is 4.39 Å². The molecule has 0 aliphatic carbocycles. The highest BCUT2D eigenvalue weighted by atomic mass is 35.5. The Morgan fingerprint density at radius 3 is 3.00 bits per heavy atom. The molecule has 70 valence electrons. The van der Waals surface area contributed by atoms with Crippen LogP contribution >= 0.6 is 11.6 Å². The highest BCUT2D eigenvalue weighted by Crippen LogP contribution is 2.41. The van der Waals surface area contributed by atoms with E-state index in [4.69, 9.17) is 26.8 Å². The highest BCUT2D eigenvalue weighted by molar-refractivity contribution is 6.32. The van der Waals surface area contributed by atoms with E-state index in [0.29, 0.717) is 11.3 Å².